The van der Waals surface area contributed by atoms with Crippen LogP contribution >= 0.6 is 0 Å². The molecule has 9 nitrogen and oxygen atoms in total. The number of hydrogen-bond acceptors (Lipinski definition) is 7. The molecular weight excluding hydrogens is 448 g/mol. The smallest absolute Gasteiger partial charge is 0.409 e. The topological polar surface area (TPSA) is 92.3 Å². The SMILES string of the molecule is COC(=O)N1CCN(c2ccc(C3(C(=O)N4CC[C@@]5(C4)OC(=O)c4ccccc45)CC3)cn2)CC1. The Morgan fingerprint density at radius 2 is 1.74 bits per heavy atom. The fourth-order valence-electron chi connectivity index (χ4n) is 5.76. The molecular formula is C26H28N4O5. The number of hydrogen-bond donors (Lipinski definition) is 0. The molecule has 35 heavy (non-hydrogen) atoms. The van der Waals surface area contributed by atoms with Gasteiger partial charge in [-0.15, -0.1) is 0 Å². The largest absolute Gasteiger partial charge is 0.453 e. The normalized spacial score (nSPS) is 24.4. The van der Waals surface area contributed by atoms with Crippen molar-refractivity contribution in [3.63, 3.8) is 0 Å². The van der Waals surface area contributed by atoms with E-state index in [0.717, 1.165) is 29.8 Å². The minimum Gasteiger partial charge on any atom is -0.453 e. The third-order valence-electron chi connectivity index (χ3n) is 7.94. The lowest BCUT2D eigenvalue weighted by Gasteiger charge is -2.34. The highest BCUT2D eigenvalue weighted by molar-refractivity contribution is 5.96. The van der Waals surface area contributed by atoms with E-state index in [9.17, 15) is 14.4 Å². The number of anilines is 1. The highest BCUT2D eigenvalue weighted by atomic mass is 16.6. The van der Waals surface area contributed by atoms with E-state index in [2.05, 4.69) is 9.88 Å². The van der Waals surface area contributed by atoms with Crippen molar-refractivity contribution in [1.82, 2.24) is 14.8 Å². The van der Waals surface area contributed by atoms with E-state index in [1.54, 1.807) is 11.0 Å². The first kappa shape index (κ1) is 21.9. The number of carbonyl (C=O) groups excluding carboxylic acids is 3. The van der Waals surface area contributed by atoms with Crippen LogP contribution in [0.25, 0.3) is 0 Å². The second kappa shape index (κ2) is 7.96. The van der Waals surface area contributed by atoms with Gasteiger partial charge in [-0.05, 0) is 30.5 Å². The van der Waals surface area contributed by atoms with Gasteiger partial charge in [0, 0.05) is 50.9 Å². The number of carbonyl (C=O) groups is 3. The van der Waals surface area contributed by atoms with Crippen molar-refractivity contribution in [2.45, 2.75) is 30.3 Å². The van der Waals surface area contributed by atoms with E-state index in [-0.39, 0.29) is 18.0 Å². The van der Waals surface area contributed by atoms with E-state index < -0.39 is 11.0 Å². The van der Waals surface area contributed by atoms with Crippen molar-refractivity contribution >= 4 is 23.8 Å². The zero-order chi connectivity index (χ0) is 24.2. The van der Waals surface area contributed by atoms with Gasteiger partial charge in [-0.25, -0.2) is 14.6 Å². The maximum atomic E-state index is 13.7. The van der Waals surface area contributed by atoms with Gasteiger partial charge in [0.15, 0.2) is 5.60 Å². The lowest BCUT2D eigenvalue weighted by molar-refractivity contribution is -0.134. The molecule has 0 N–H and O–H groups in total. The van der Waals surface area contributed by atoms with Gasteiger partial charge in [-0.3, -0.25) is 4.79 Å². The summed E-state index contributed by atoms with van der Waals surface area (Å²) in [6, 6.07) is 11.5. The van der Waals surface area contributed by atoms with Gasteiger partial charge in [0.2, 0.25) is 5.91 Å². The summed E-state index contributed by atoms with van der Waals surface area (Å²) in [5.74, 6) is 0.635. The number of nitrogens with zero attached hydrogens (tertiary/aromatic N) is 4. The van der Waals surface area contributed by atoms with E-state index in [1.165, 1.54) is 7.11 Å². The molecule has 1 atom stereocenters. The van der Waals surface area contributed by atoms with Gasteiger partial charge < -0.3 is 24.2 Å². The minimum absolute atomic E-state index is 0.0936. The first-order chi connectivity index (χ1) is 17.0. The molecule has 6 rings (SSSR count). The highest BCUT2D eigenvalue weighted by Gasteiger charge is 2.57. The minimum atomic E-state index is -0.728. The molecule has 182 valence electrons. The average molecular weight is 477 g/mol. The first-order valence-corrected chi connectivity index (χ1v) is 12.1. The maximum Gasteiger partial charge on any atom is 0.409 e. The number of pyridine rings is 1. The van der Waals surface area contributed by atoms with Gasteiger partial charge in [0.25, 0.3) is 0 Å². The Labute approximate surface area is 203 Å². The monoisotopic (exact) mass is 476 g/mol. The molecule has 2 amide bonds. The molecule has 3 aliphatic heterocycles. The summed E-state index contributed by atoms with van der Waals surface area (Å²) in [4.78, 5) is 48.1. The Kier molecular flexibility index (Phi) is 4.98. The van der Waals surface area contributed by atoms with Crippen molar-refractivity contribution in [2.75, 3.05) is 51.3 Å². The molecule has 1 aromatic heterocycles. The Morgan fingerprint density at radius 3 is 2.43 bits per heavy atom. The van der Waals surface area contributed by atoms with Crippen molar-refractivity contribution in [3.8, 4) is 0 Å². The third-order valence-corrected chi connectivity index (χ3v) is 7.94. The molecule has 1 aromatic carbocycles. The van der Waals surface area contributed by atoms with Crippen LogP contribution in [0.1, 0.15) is 40.7 Å². The van der Waals surface area contributed by atoms with Gasteiger partial charge in [0.05, 0.1) is 24.6 Å². The summed E-state index contributed by atoms with van der Waals surface area (Å²) < 4.78 is 10.6. The van der Waals surface area contributed by atoms with Crippen molar-refractivity contribution in [1.29, 1.82) is 0 Å². The predicted molar refractivity (Wildman–Crippen MR) is 126 cm³/mol. The molecule has 0 unspecified atom stereocenters. The van der Waals surface area contributed by atoms with E-state index in [1.807, 2.05) is 41.4 Å². The highest BCUT2D eigenvalue weighted by Crippen LogP contribution is 2.52. The summed E-state index contributed by atoms with van der Waals surface area (Å²) in [6.07, 6.45) is 3.73. The standard InChI is InChI=1S/C26H28N4O5/c1-34-24(33)29-14-12-28(13-15-29)21-7-6-18(16-27-21)25(8-9-25)23(32)30-11-10-26(17-30)20-5-3-2-4-19(20)22(31)35-26/h2-7,16H,8-15,17H2,1H3/t26-/m0/s1. The first-order valence-electron chi connectivity index (χ1n) is 12.1. The van der Waals surface area contributed by atoms with Crippen LogP contribution < -0.4 is 4.90 Å². The summed E-state index contributed by atoms with van der Waals surface area (Å²) in [6.45, 7) is 3.50. The summed E-state index contributed by atoms with van der Waals surface area (Å²) in [5.41, 5.74) is 1.17. The molecule has 4 heterocycles. The van der Waals surface area contributed by atoms with E-state index >= 15 is 0 Å². The number of esters is 1. The van der Waals surface area contributed by atoms with Crippen LogP contribution in [0.15, 0.2) is 42.6 Å². The quantitative estimate of drug-likeness (QED) is 0.628. The fourth-order valence-corrected chi connectivity index (χ4v) is 5.76. The van der Waals surface area contributed by atoms with Crippen molar-refractivity contribution < 1.29 is 23.9 Å². The number of piperazine rings is 1. The molecule has 1 saturated carbocycles. The number of benzene rings is 1. The number of likely N-dealkylation sites (tertiary alicyclic amines) is 1. The van der Waals surface area contributed by atoms with Crippen molar-refractivity contribution in [3.05, 3.63) is 59.3 Å². The van der Waals surface area contributed by atoms with Crippen LogP contribution in [0.2, 0.25) is 0 Å². The lowest BCUT2D eigenvalue weighted by atomic mass is 9.91. The van der Waals surface area contributed by atoms with Gasteiger partial charge >= 0.3 is 12.1 Å². The molecule has 9 heteroatoms. The van der Waals surface area contributed by atoms with Crippen molar-refractivity contribution in [2.24, 2.45) is 0 Å². The number of amides is 2. The molecule has 3 fully saturated rings. The maximum absolute atomic E-state index is 13.7. The third kappa shape index (κ3) is 3.44. The Bertz CT molecular complexity index is 1190. The number of methoxy groups -OCH3 is 1. The second-order valence-electron chi connectivity index (χ2n) is 9.84. The van der Waals surface area contributed by atoms with Crippen LogP contribution in [-0.4, -0.2) is 79.1 Å². The van der Waals surface area contributed by atoms with E-state index in [4.69, 9.17) is 9.47 Å². The Balaban J connectivity index is 1.15. The molecule has 0 radical (unpaired) electrons. The fraction of sp³-hybridized carbons (Fsp3) is 0.462. The molecule has 1 aliphatic carbocycles. The number of aromatic nitrogens is 1. The van der Waals surface area contributed by atoms with Gasteiger partial charge in [-0.1, -0.05) is 24.3 Å². The average Bonchev–Trinajstić information content (AvgIpc) is 3.54. The number of rotatable bonds is 3. The summed E-state index contributed by atoms with van der Waals surface area (Å²) >= 11 is 0. The van der Waals surface area contributed by atoms with Crippen LogP contribution in [-0.2, 0) is 25.3 Å². The zero-order valence-electron chi connectivity index (χ0n) is 19.7. The van der Waals surface area contributed by atoms with E-state index in [0.29, 0.717) is 51.3 Å². The predicted octanol–water partition coefficient (Wildman–Crippen LogP) is 2.30. The van der Waals surface area contributed by atoms with Crippen LogP contribution in [0.4, 0.5) is 10.6 Å². The molecule has 2 aromatic rings. The summed E-state index contributed by atoms with van der Waals surface area (Å²) in [5, 5.41) is 0. The zero-order valence-corrected chi connectivity index (χ0v) is 19.7. The van der Waals surface area contributed by atoms with Gasteiger partial charge in [-0.2, -0.15) is 0 Å². The van der Waals surface area contributed by atoms with Crippen LogP contribution in [0.5, 0.6) is 0 Å². The second-order valence-corrected chi connectivity index (χ2v) is 9.84. The molecule has 1 spiro atoms. The lowest BCUT2D eigenvalue weighted by Crippen LogP contribution is -2.49. The Hall–Kier alpha value is -3.62. The Morgan fingerprint density at radius 1 is 0.971 bits per heavy atom. The number of fused-ring (bicyclic) bond motifs is 2. The molecule has 4 aliphatic rings. The number of ether oxygens (including phenoxy) is 2. The van der Waals surface area contributed by atoms with Crippen LogP contribution in [0.3, 0.4) is 0 Å². The summed E-state index contributed by atoms with van der Waals surface area (Å²) in [7, 11) is 1.39. The molecule has 2 saturated heterocycles. The molecule has 0 bridgehead atoms. The van der Waals surface area contributed by atoms with Crippen LogP contribution in [0, 0.1) is 0 Å². The van der Waals surface area contributed by atoms with Gasteiger partial charge in [0.1, 0.15) is 5.82 Å².